The van der Waals surface area contributed by atoms with Crippen molar-refractivity contribution in [2.24, 2.45) is 11.8 Å². The van der Waals surface area contributed by atoms with Crippen molar-refractivity contribution in [1.82, 2.24) is 0 Å². The van der Waals surface area contributed by atoms with E-state index in [1.807, 2.05) is 18.2 Å². The normalized spacial score (nSPS) is 26.6. The number of para-hydroxylation sites is 1. The quantitative estimate of drug-likeness (QED) is 0.869. The summed E-state index contributed by atoms with van der Waals surface area (Å²) in [5.41, 5.74) is 0. The van der Waals surface area contributed by atoms with Gasteiger partial charge in [-0.05, 0) is 31.4 Å². The van der Waals surface area contributed by atoms with Gasteiger partial charge in [0.2, 0.25) is 0 Å². The first-order chi connectivity index (χ1) is 9.06. The molecule has 1 aromatic carbocycles. The second-order valence-corrected chi connectivity index (χ2v) is 4.83. The van der Waals surface area contributed by atoms with Crippen LogP contribution in [0.2, 0.25) is 0 Å². The van der Waals surface area contributed by atoms with E-state index in [0.717, 1.165) is 0 Å². The molecule has 1 saturated carbocycles. The van der Waals surface area contributed by atoms with E-state index in [2.05, 4.69) is 0 Å². The molecule has 0 spiro atoms. The zero-order chi connectivity index (χ0) is 13.8. The average Bonchev–Trinajstić information content (AvgIpc) is 2.39. The van der Waals surface area contributed by atoms with E-state index in [1.165, 1.54) is 0 Å². The summed E-state index contributed by atoms with van der Waals surface area (Å²) in [6.07, 6.45) is 0.528. The maximum atomic E-state index is 11.1. The van der Waals surface area contributed by atoms with Gasteiger partial charge in [0, 0.05) is 0 Å². The predicted octanol–water partition coefficient (Wildman–Crippen LogP) is 2.02. The first-order valence-corrected chi connectivity index (χ1v) is 6.23. The fourth-order valence-corrected chi connectivity index (χ4v) is 2.46. The Labute approximate surface area is 110 Å². The Hall–Kier alpha value is -2.04. The second-order valence-electron chi connectivity index (χ2n) is 4.83. The van der Waals surface area contributed by atoms with Crippen LogP contribution in [0.25, 0.3) is 0 Å². The van der Waals surface area contributed by atoms with Gasteiger partial charge in [-0.15, -0.1) is 0 Å². The fourth-order valence-electron chi connectivity index (χ4n) is 2.46. The van der Waals surface area contributed by atoms with Gasteiger partial charge in [0.15, 0.2) is 0 Å². The standard InChI is InChI=1S/C14H16O5/c15-13(16)9-6-10(14(17)18)8-12(7-9)19-11-4-2-1-3-5-11/h1-5,9-10,12H,6-8H2,(H,15,16)(H,17,18). The maximum absolute atomic E-state index is 11.1. The molecule has 1 fully saturated rings. The lowest BCUT2D eigenvalue weighted by molar-refractivity contribution is -0.150. The lowest BCUT2D eigenvalue weighted by atomic mass is 9.79. The number of hydrogen-bond acceptors (Lipinski definition) is 3. The summed E-state index contributed by atoms with van der Waals surface area (Å²) < 4.78 is 5.69. The van der Waals surface area contributed by atoms with Gasteiger partial charge in [0.1, 0.15) is 11.9 Å². The summed E-state index contributed by atoms with van der Waals surface area (Å²) in [6.45, 7) is 0. The molecule has 0 aromatic heterocycles. The fraction of sp³-hybridized carbons (Fsp3) is 0.429. The third-order valence-corrected chi connectivity index (χ3v) is 3.41. The smallest absolute Gasteiger partial charge is 0.306 e. The molecule has 5 heteroatoms. The molecule has 0 aliphatic heterocycles. The van der Waals surface area contributed by atoms with Crippen molar-refractivity contribution in [1.29, 1.82) is 0 Å². The predicted molar refractivity (Wildman–Crippen MR) is 67.0 cm³/mol. The number of rotatable bonds is 4. The Kier molecular flexibility index (Phi) is 4.04. The Balaban J connectivity index is 2.07. The van der Waals surface area contributed by atoms with Crippen LogP contribution in [0.15, 0.2) is 30.3 Å². The zero-order valence-corrected chi connectivity index (χ0v) is 10.4. The van der Waals surface area contributed by atoms with Crippen LogP contribution in [-0.2, 0) is 9.59 Å². The summed E-state index contributed by atoms with van der Waals surface area (Å²) in [5.74, 6) is -2.56. The number of aliphatic carboxylic acids is 2. The topological polar surface area (TPSA) is 83.8 Å². The average molecular weight is 264 g/mol. The van der Waals surface area contributed by atoms with Gasteiger partial charge in [-0.25, -0.2) is 0 Å². The van der Waals surface area contributed by atoms with Crippen LogP contribution in [0.1, 0.15) is 19.3 Å². The van der Waals surface area contributed by atoms with Gasteiger partial charge in [-0.3, -0.25) is 9.59 Å². The minimum atomic E-state index is -0.951. The highest BCUT2D eigenvalue weighted by atomic mass is 16.5. The highest BCUT2D eigenvalue weighted by Gasteiger charge is 2.37. The summed E-state index contributed by atoms with van der Waals surface area (Å²) in [7, 11) is 0. The van der Waals surface area contributed by atoms with Crippen LogP contribution in [0.5, 0.6) is 5.75 Å². The Morgan fingerprint density at radius 1 is 0.947 bits per heavy atom. The van der Waals surface area contributed by atoms with Crippen molar-refractivity contribution in [3.63, 3.8) is 0 Å². The summed E-state index contributed by atoms with van der Waals surface area (Å²) >= 11 is 0. The van der Waals surface area contributed by atoms with Crippen molar-refractivity contribution in [2.75, 3.05) is 0 Å². The highest BCUT2D eigenvalue weighted by molar-refractivity contribution is 5.74. The lowest BCUT2D eigenvalue weighted by Gasteiger charge is -2.31. The molecular formula is C14H16O5. The maximum Gasteiger partial charge on any atom is 0.306 e. The molecule has 1 aliphatic rings. The van der Waals surface area contributed by atoms with Crippen LogP contribution >= 0.6 is 0 Å². The van der Waals surface area contributed by atoms with Crippen LogP contribution < -0.4 is 4.74 Å². The molecule has 19 heavy (non-hydrogen) atoms. The Morgan fingerprint density at radius 2 is 1.47 bits per heavy atom. The van der Waals surface area contributed by atoms with Gasteiger partial charge >= 0.3 is 11.9 Å². The number of hydrogen-bond donors (Lipinski definition) is 2. The van der Waals surface area contributed by atoms with Crippen LogP contribution in [0.3, 0.4) is 0 Å². The third kappa shape index (κ3) is 3.47. The van der Waals surface area contributed by atoms with Crippen molar-refractivity contribution in [3.05, 3.63) is 30.3 Å². The molecule has 1 aromatic rings. The van der Waals surface area contributed by atoms with E-state index in [4.69, 9.17) is 14.9 Å². The van der Waals surface area contributed by atoms with Gasteiger partial charge in [-0.2, -0.15) is 0 Å². The number of carbonyl (C=O) groups is 2. The van der Waals surface area contributed by atoms with E-state index >= 15 is 0 Å². The van der Waals surface area contributed by atoms with Crippen molar-refractivity contribution in [2.45, 2.75) is 25.4 Å². The van der Waals surface area contributed by atoms with E-state index < -0.39 is 23.8 Å². The Bertz CT molecular complexity index is 434. The van der Waals surface area contributed by atoms with Gasteiger partial charge in [0.25, 0.3) is 0 Å². The van der Waals surface area contributed by atoms with E-state index in [0.29, 0.717) is 18.6 Å². The van der Waals surface area contributed by atoms with E-state index in [1.54, 1.807) is 12.1 Å². The lowest BCUT2D eigenvalue weighted by Crippen LogP contribution is -2.37. The second kappa shape index (κ2) is 5.73. The molecule has 2 unspecified atom stereocenters. The van der Waals surface area contributed by atoms with Crippen LogP contribution in [0.4, 0.5) is 0 Å². The monoisotopic (exact) mass is 264 g/mol. The molecule has 0 saturated heterocycles. The summed E-state index contributed by atoms with van der Waals surface area (Å²) in [4.78, 5) is 22.1. The van der Waals surface area contributed by atoms with Gasteiger partial charge < -0.3 is 14.9 Å². The molecule has 0 bridgehead atoms. The molecule has 2 rings (SSSR count). The van der Waals surface area contributed by atoms with E-state index in [9.17, 15) is 9.59 Å². The number of carboxylic acid groups (broad SMARTS) is 2. The molecule has 2 N–H and O–H groups in total. The third-order valence-electron chi connectivity index (χ3n) is 3.41. The number of ether oxygens (including phenoxy) is 1. The number of benzene rings is 1. The SMILES string of the molecule is O=C(O)C1CC(Oc2ccccc2)CC(C(=O)O)C1. The molecule has 102 valence electrons. The zero-order valence-electron chi connectivity index (χ0n) is 10.4. The molecule has 2 atom stereocenters. The molecular weight excluding hydrogens is 248 g/mol. The van der Waals surface area contributed by atoms with Crippen LogP contribution in [0, 0.1) is 11.8 Å². The van der Waals surface area contributed by atoms with Crippen molar-refractivity contribution in [3.8, 4) is 5.75 Å². The molecule has 0 heterocycles. The molecule has 1 aliphatic carbocycles. The first kappa shape index (κ1) is 13.4. The summed E-state index contributed by atoms with van der Waals surface area (Å²) in [6, 6.07) is 9.05. The molecule has 0 amide bonds. The first-order valence-electron chi connectivity index (χ1n) is 6.23. The van der Waals surface area contributed by atoms with Crippen molar-refractivity contribution < 1.29 is 24.5 Å². The van der Waals surface area contributed by atoms with Gasteiger partial charge in [0.05, 0.1) is 11.8 Å². The number of carboxylic acids is 2. The van der Waals surface area contributed by atoms with Gasteiger partial charge in [-0.1, -0.05) is 18.2 Å². The minimum Gasteiger partial charge on any atom is -0.490 e. The molecule has 0 radical (unpaired) electrons. The van der Waals surface area contributed by atoms with E-state index in [-0.39, 0.29) is 12.5 Å². The summed E-state index contributed by atoms with van der Waals surface area (Å²) in [5, 5.41) is 18.1. The molecule has 5 nitrogen and oxygen atoms in total. The van der Waals surface area contributed by atoms with Crippen molar-refractivity contribution >= 4 is 11.9 Å². The minimum absolute atomic E-state index is 0.180. The Morgan fingerprint density at radius 3 is 1.95 bits per heavy atom. The largest absolute Gasteiger partial charge is 0.490 e. The highest BCUT2D eigenvalue weighted by Crippen LogP contribution is 2.32. The van der Waals surface area contributed by atoms with Crippen LogP contribution in [-0.4, -0.2) is 28.3 Å².